The summed E-state index contributed by atoms with van der Waals surface area (Å²) in [6.07, 6.45) is 3.30. The maximum Gasteiger partial charge on any atom is 0.371 e. The second kappa shape index (κ2) is 7.37. The normalized spacial score (nSPS) is 11.1. The Morgan fingerprint density at radius 2 is 2.22 bits per heavy atom. The SMILES string of the molecule is CCCCO/C(=C/c1cccc(OC)c1)C(=O)O. The molecular weight excluding hydrogens is 232 g/mol. The number of unbranched alkanes of at least 4 members (excludes halogenated alkanes) is 1. The van der Waals surface area contributed by atoms with Gasteiger partial charge in [-0.2, -0.15) is 0 Å². The third kappa shape index (κ3) is 4.49. The maximum atomic E-state index is 11.0. The lowest BCUT2D eigenvalue weighted by Gasteiger charge is -2.06. The summed E-state index contributed by atoms with van der Waals surface area (Å²) in [6.45, 7) is 2.44. The van der Waals surface area contributed by atoms with Crippen molar-refractivity contribution in [1.29, 1.82) is 0 Å². The van der Waals surface area contributed by atoms with Crippen LogP contribution in [0.4, 0.5) is 0 Å². The maximum absolute atomic E-state index is 11.0. The van der Waals surface area contributed by atoms with E-state index in [2.05, 4.69) is 0 Å². The number of aliphatic carboxylic acids is 1. The summed E-state index contributed by atoms with van der Waals surface area (Å²) in [5.41, 5.74) is 0.739. The molecule has 0 bridgehead atoms. The van der Waals surface area contributed by atoms with E-state index >= 15 is 0 Å². The molecule has 0 unspecified atom stereocenters. The Morgan fingerprint density at radius 1 is 1.44 bits per heavy atom. The highest BCUT2D eigenvalue weighted by atomic mass is 16.5. The summed E-state index contributed by atoms with van der Waals surface area (Å²) in [7, 11) is 1.57. The monoisotopic (exact) mass is 250 g/mol. The first-order valence-corrected chi connectivity index (χ1v) is 5.89. The van der Waals surface area contributed by atoms with E-state index in [1.807, 2.05) is 6.92 Å². The number of hydrogen-bond donors (Lipinski definition) is 1. The van der Waals surface area contributed by atoms with Crippen LogP contribution in [0.1, 0.15) is 25.3 Å². The summed E-state index contributed by atoms with van der Waals surface area (Å²) in [5, 5.41) is 9.04. The van der Waals surface area contributed by atoms with E-state index in [1.54, 1.807) is 31.4 Å². The van der Waals surface area contributed by atoms with E-state index in [-0.39, 0.29) is 5.76 Å². The zero-order valence-electron chi connectivity index (χ0n) is 10.7. The first kappa shape index (κ1) is 14.1. The van der Waals surface area contributed by atoms with Gasteiger partial charge in [-0.1, -0.05) is 25.5 Å². The van der Waals surface area contributed by atoms with Crippen LogP contribution in [0.5, 0.6) is 5.75 Å². The Labute approximate surface area is 107 Å². The second-order valence-corrected chi connectivity index (χ2v) is 3.79. The van der Waals surface area contributed by atoms with Crippen molar-refractivity contribution in [3.63, 3.8) is 0 Å². The quantitative estimate of drug-likeness (QED) is 0.459. The first-order valence-electron chi connectivity index (χ1n) is 5.89. The predicted molar refractivity (Wildman–Crippen MR) is 69.5 cm³/mol. The Bertz CT molecular complexity index is 424. The molecule has 1 rings (SSSR count). The highest BCUT2D eigenvalue weighted by Crippen LogP contribution is 2.16. The summed E-state index contributed by atoms with van der Waals surface area (Å²) in [5.74, 6) is -0.423. The van der Waals surface area contributed by atoms with Crippen molar-refractivity contribution in [1.82, 2.24) is 0 Å². The molecule has 0 atom stereocenters. The molecule has 18 heavy (non-hydrogen) atoms. The van der Waals surface area contributed by atoms with Gasteiger partial charge < -0.3 is 14.6 Å². The molecule has 98 valence electrons. The van der Waals surface area contributed by atoms with Crippen molar-refractivity contribution in [3.8, 4) is 5.75 Å². The van der Waals surface area contributed by atoms with E-state index < -0.39 is 5.97 Å². The topological polar surface area (TPSA) is 55.8 Å². The van der Waals surface area contributed by atoms with Gasteiger partial charge >= 0.3 is 5.97 Å². The molecule has 4 nitrogen and oxygen atoms in total. The lowest BCUT2D eigenvalue weighted by molar-refractivity contribution is -0.136. The fourth-order valence-electron chi connectivity index (χ4n) is 1.37. The number of hydrogen-bond acceptors (Lipinski definition) is 3. The van der Waals surface area contributed by atoms with E-state index in [0.29, 0.717) is 12.4 Å². The minimum Gasteiger partial charge on any atom is -0.497 e. The van der Waals surface area contributed by atoms with Crippen LogP contribution in [-0.4, -0.2) is 24.8 Å². The van der Waals surface area contributed by atoms with Gasteiger partial charge in [0.05, 0.1) is 13.7 Å². The summed E-state index contributed by atoms with van der Waals surface area (Å²) in [4.78, 5) is 11.0. The summed E-state index contributed by atoms with van der Waals surface area (Å²) in [6, 6.07) is 7.16. The minimum atomic E-state index is -1.06. The molecule has 1 N–H and O–H groups in total. The van der Waals surface area contributed by atoms with E-state index in [0.717, 1.165) is 18.4 Å². The lowest BCUT2D eigenvalue weighted by atomic mass is 10.2. The van der Waals surface area contributed by atoms with Gasteiger partial charge in [-0.3, -0.25) is 0 Å². The van der Waals surface area contributed by atoms with Crippen molar-refractivity contribution in [2.45, 2.75) is 19.8 Å². The number of ether oxygens (including phenoxy) is 2. The summed E-state index contributed by atoms with van der Waals surface area (Å²) >= 11 is 0. The highest BCUT2D eigenvalue weighted by molar-refractivity contribution is 5.89. The molecule has 1 aromatic rings. The Balaban J connectivity index is 2.82. The fourth-order valence-corrected chi connectivity index (χ4v) is 1.37. The molecule has 0 radical (unpaired) electrons. The molecule has 0 aromatic heterocycles. The van der Waals surface area contributed by atoms with Crippen molar-refractivity contribution in [2.24, 2.45) is 0 Å². The molecular formula is C14H18O4. The second-order valence-electron chi connectivity index (χ2n) is 3.79. The number of methoxy groups -OCH3 is 1. The number of carbonyl (C=O) groups is 1. The molecule has 0 spiro atoms. The molecule has 0 heterocycles. The number of carboxylic acids is 1. The Morgan fingerprint density at radius 3 is 2.83 bits per heavy atom. The summed E-state index contributed by atoms with van der Waals surface area (Å²) < 4.78 is 10.3. The van der Waals surface area contributed by atoms with Gasteiger partial charge in [-0.25, -0.2) is 4.79 Å². The highest BCUT2D eigenvalue weighted by Gasteiger charge is 2.08. The van der Waals surface area contributed by atoms with Crippen molar-refractivity contribution >= 4 is 12.0 Å². The van der Waals surface area contributed by atoms with Crippen molar-refractivity contribution < 1.29 is 19.4 Å². The van der Waals surface area contributed by atoms with E-state index in [4.69, 9.17) is 14.6 Å². The van der Waals surface area contributed by atoms with Gasteiger partial charge in [0.1, 0.15) is 5.75 Å². The Hall–Kier alpha value is -1.97. The molecule has 0 fully saturated rings. The molecule has 0 aliphatic carbocycles. The standard InChI is InChI=1S/C14H18O4/c1-3-4-8-18-13(14(15)16)10-11-6-5-7-12(9-11)17-2/h5-7,9-10H,3-4,8H2,1-2H3,(H,15,16)/b13-10+. The van der Waals surface area contributed by atoms with Gasteiger partial charge in [-0.05, 0) is 30.2 Å². The average Bonchev–Trinajstić information content (AvgIpc) is 2.38. The van der Waals surface area contributed by atoms with E-state index in [1.165, 1.54) is 6.08 Å². The smallest absolute Gasteiger partial charge is 0.371 e. The van der Waals surface area contributed by atoms with Crippen LogP contribution in [0.3, 0.4) is 0 Å². The zero-order valence-corrected chi connectivity index (χ0v) is 10.7. The molecule has 0 amide bonds. The van der Waals surface area contributed by atoms with Gasteiger partial charge in [0.25, 0.3) is 0 Å². The third-order valence-corrected chi connectivity index (χ3v) is 2.36. The molecule has 0 saturated heterocycles. The molecule has 0 aliphatic heterocycles. The fraction of sp³-hybridized carbons (Fsp3) is 0.357. The molecule has 0 aliphatic rings. The zero-order chi connectivity index (χ0) is 13.4. The van der Waals surface area contributed by atoms with Gasteiger partial charge in [0.2, 0.25) is 5.76 Å². The molecule has 4 heteroatoms. The van der Waals surface area contributed by atoms with Crippen LogP contribution >= 0.6 is 0 Å². The number of rotatable bonds is 7. The molecule has 1 aromatic carbocycles. The van der Waals surface area contributed by atoms with Crippen molar-refractivity contribution in [3.05, 3.63) is 35.6 Å². The van der Waals surface area contributed by atoms with Crippen LogP contribution in [-0.2, 0) is 9.53 Å². The largest absolute Gasteiger partial charge is 0.497 e. The number of benzene rings is 1. The predicted octanol–water partition coefficient (Wildman–Crippen LogP) is 2.94. The molecule has 0 saturated carbocycles. The first-order chi connectivity index (χ1) is 8.67. The van der Waals surface area contributed by atoms with Crippen LogP contribution < -0.4 is 4.74 Å². The minimum absolute atomic E-state index is 0.0447. The lowest BCUT2D eigenvalue weighted by Crippen LogP contribution is -2.06. The van der Waals surface area contributed by atoms with Crippen LogP contribution in [0, 0.1) is 0 Å². The van der Waals surface area contributed by atoms with Crippen molar-refractivity contribution in [2.75, 3.05) is 13.7 Å². The third-order valence-electron chi connectivity index (χ3n) is 2.36. The van der Waals surface area contributed by atoms with Gasteiger partial charge in [0, 0.05) is 0 Å². The van der Waals surface area contributed by atoms with Crippen LogP contribution in [0.2, 0.25) is 0 Å². The van der Waals surface area contributed by atoms with Gasteiger partial charge in [-0.15, -0.1) is 0 Å². The van der Waals surface area contributed by atoms with Gasteiger partial charge in [0.15, 0.2) is 0 Å². The van der Waals surface area contributed by atoms with E-state index in [9.17, 15) is 4.79 Å². The van der Waals surface area contributed by atoms with Crippen LogP contribution in [0.25, 0.3) is 6.08 Å². The number of carboxylic acid groups (broad SMARTS) is 1. The Kier molecular flexibility index (Phi) is 5.77. The van der Waals surface area contributed by atoms with Crippen LogP contribution in [0.15, 0.2) is 30.0 Å². The average molecular weight is 250 g/mol.